The van der Waals surface area contributed by atoms with Crippen LogP contribution in [0.2, 0.25) is 0 Å². The molecule has 0 aliphatic heterocycles. The normalized spacial score (nSPS) is 10.1. The fraction of sp³-hybridized carbons (Fsp3) is 0.500. The van der Waals surface area contributed by atoms with E-state index in [0.29, 0.717) is 0 Å². The van der Waals surface area contributed by atoms with E-state index in [0.717, 1.165) is 26.5 Å². The van der Waals surface area contributed by atoms with E-state index in [1.54, 1.807) is 11.3 Å². The van der Waals surface area contributed by atoms with Gasteiger partial charge in [0.05, 0.1) is 0 Å². The molecule has 62 valence electrons. The SMILES string of the molecule is CCCNc1sc(Br)nc1Br. The first-order valence-corrected chi connectivity index (χ1v) is 5.70. The summed E-state index contributed by atoms with van der Waals surface area (Å²) in [5.74, 6) is 0. The molecule has 0 unspecified atom stereocenters. The maximum atomic E-state index is 4.15. The van der Waals surface area contributed by atoms with Crippen LogP contribution in [-0.2, 0) is 0 Å². The van der Waals surface area contributed by atoms with Crippen LogP contribution in [0.5, 0.6) is 0 Å². The van der Waals surface area contributed by atoms with Crippen LogP contribution < -0.4 is 5.32 Å². The van der Waals surface area contributed by atoms with E-state index in [2.05, 4.69) is 49.1 Å². The van der Waals surface area contributed by atoms with Crippen molar-refractivity contribution in [2.45, 2.75) is 13.3 Å². The molecule has 1 rings (SSSR count). The molecule has 1 N–H and O–H groups in total. The zero-order valence-electron chi connectivity index (χ0n) is 6.03. The Hall–Kier alpha value is 0.390. The zero-order chi connectivity index (χ0) is 8.27. The number of anilines is 1. The van der Waals surface area contributed by atoms with Crippen LogP contribution in [0.25, 0.3) is 0 Å². The number of aromatic nitrogens is 1. The van der Waals surface area contributed by atoms with Gasteiger partial charge in [-0.05, 0) is 38.3 Å². The van der Waals surface area contributed by atoms with Crippen molar-refractivity contribution < 1.29 is 0 Å². The Labute approximate surface area is 86.7 Å². The monoisotopic (exact) mass is 298 g/mol. The fourth-order valence-corrected chi connectivity index (χ4v) is 2.81. The largest absolute Gasteiger partial charge is 0.375 e. The van der Waals surface area contributed by atoms with Crippen molar-refractivity contribution >= 4 is 48.2 Å². The van der Waals surface area contributed by atoms with Gasteiger partial charge in [-0.25, -0.2) is 4.98 Å². The molecule has 0 saturated carbocycles. The summed E-state index contributed by atoms with van der Waals surface area (Å²) in [6, 6.07) is 0. The summed E-state index contributed by atoms with van der Waals surface area (Å²) in [5, 5.41) is 4.36. The molecule has 0 amide bonds. The second kappa shape index (κ2) is 4.42. The Morgan fingerprint density at radius 2 is 2.27 bits per heavy atom. The average Bonchev–Trinajstić information content (AvgIpc) is 2.26. The van der Waals surface area contributed by atoms with Gasteiger partial charge in [-0.3, -0.25) is 0 Å². The van der Waals surface area contributed by atoms with Gasteiger partial charge in [-0.15, -0.1) is 0 Å². The molecule has 1 aromatic rings. The molecule has 0 aromatic carbocycles. The van der Waals surface area contributed by atoms with Crippen molar-refractivity contribution in [1.29, 1.82) is 0 Å². The van der Waals surface area contributed by atoms with Gasteiger partial charge in [0.15, 0.2) is 3.92 Å². The summed E-state index contributed by atoms with van der Waals surface area (Å²) in [7, 11) is 0. The summed E-state index contributed by atoms with van der Waals surface area (Å²) in [6.07, 6.45) is 1.13. The van der Waals surface area contributed by atoms with Crippen LogP contribution in [0.3, 0.4) is 0 Å². The Kier molecular flexibility index (Phi) is 3.81. The number of nitrogens with one attached hydrogen (secondary N) is 1. The lowest BCUT2D eigenvalue weighted by atomic mass is 10.5. The van der Waals surface area contributed by atoms with Crippen LogP contribution in [0.15, 0.2) is 8.52 Å². The predicted molar refractivity (Wildman–Crippen MR) is 56.3 cm³/mol. The van der Waals surface area contributed by atoms with Crippen LogP contribution in [-0.4, -0.2) is 11.5 Å². The van der Waals surface area contributed by atoms with Crippen LogP contribution in [0.1, 0.15) is 13.3 Å². The molecule has 0 fully saturated rings. The molecule has 1 heterocycles. The molecule has 0 saturated heterocycles. The number of halogens is 2. The first kappa shape index (κ1) is 9.48. The quantitative estimate of drug-likeness (QED) is 0.924. The first-order chi connectivity index (χ1) is 5.24. The van der Waals surface area contributed by atoms with Gasteiger partial charge in [-0.2, -0.15) is 0 Å². The van der Waals surface area contributed by atoms with Crippen molar-refractivity contribution in [3.05, 3.63) is 8.52 Å². The number of nitrogens with zero attached hydrogens (tertiary/aromatic N) is 1. The minimum absolute atomic E-state index is 0.892. The van der Waals surface area contributed by atoms with Gasteiger partial charge in [0.25, 0.3) is 0 Å². The molecule has 0 bridgehead atoms. The van der Waals surface area contributed by atoms with Gasteiger partial charge in [0, 0.05) is 6.54 Å². The van der Waals surface area contributed by atoms with Crippen LogP contribution in [0, 0.1) is 0 Å². The van der Waals surface area contributed by atoms with Crippen LogP contribution in [0.4, 0.5) is 5.00 Å². The summed E-state index contributed by atoms with van der Waals surface area (Å²) in [6.45, 7) is 3.13. The zero-order valence-corrected chi connectivity index (χ0v) is 10.0. The van der Waals surface area contributed by atoms with E-state index in [9.17, 15) is 0 Å². The van der Waals surface area contributed by atoms with Gasteiger partial charge in [-0.1, -0.05) is 18.3 Å². The third-order valence-electron chi connectivity index (χ3n) is 1.10. The lowest BCUT2D eigenvalue weighted by Gasteiger charge is -1.98. The van der Waals surface area contributed by atoms with Crippen molar-refractivity contribution in [3.8, 4) is 0 Å². The van der Waals surface area contributed by atoms with Gasteiger partial charge < -0.3 is 5.32 Å². The maximum absolute atomic E-state index is 4.15. The van der Waals surface area contributed by atoms with Gasteiger partial charge in [0.1, 0.15) is 9.60 Å². The molecule has 0 aliphatic rings. The van der Waals surface area contributed by atoms with E-state index in [1.807, 2.05) is 0 Å². The smallest absolute Gasteiger partial charge is 0.162 e. The highest BCUT2D eigenvalue weighted by atomic mass is 79.9. The van der Waals surface area contributed by atoms with Crippen molar-refractivity contribution in [2.24, 2.45) is 0 Å². The Bertz CT molecular complexity index is 236. The number of hydrogen-bond acceptors (Lipinski definition) is 3. The molecule has 0 atom stereocenters. The fourth-order valence-electron chi connectivity index (χ4n) is 0.625. The summed E-state index contributed by atoms with van der Waals surface area (Å²) in [4.78, 5) is 4.15. The lowest BCUT2D eigenvalue weighted by Crippen LogP contribution is -1.97. The highest BCUT2D eigenvalue weighted by molar-refractivity contribution is 9.11. The molecule has 2 nitrogen and oxygen atoms in total. The summed E-state index contributed by atoms with van der Waals surface area (Å²) >= 11 is 8.27. The molecule has 1 aromatic heterocycles. The molecular weight excluding hydrogens is 292 g/mol. The minimum atomic E-state index is 0.892. The standard InChI is InChI=1S/C6H8Br2N2S/c1-2-3-9-5-4(7)10-6(8)11-5/h9H,2-3H2,1H3. The third-order valence-corrected chi connectivity index (χ3v) is 3.40. The molecule has 0 aliphatic carbocycles. The molecule has 0 spiro atoms. The minimum Gasteiger partial charge on any atom is -0.375 e. The van der Waals surface area contributed by atoms with Crippen molar-refractivity contribution in [3.63, 3.8) is 0 Å². The maximum Gasteiger partial charge on any atom is 0.162 e. The van der Waals surface area contributed by atoms with E-state index in [-0.39, 0.29) is 0 Å². The lowest BCUT2D eigenvalue weighted by molar-refractivity contribution is 0.981. The van der Waals surface area contributed by atoms with Crippen LogP contribution >= 0.6 is 43.2 Å². The van der Waals surface area contributed by atoms with E-state index in [1.165, 1.54) is 0 Å². The number of rotatable bonds is 3. The topological polar surface area (TPSA) is 24.9 Å². The van der Waals surface area contributed by atoms with E-state index >= 15 is 0 Å². The van der Waals surface area contributed by atoms with E-state index < -0.39 is 0 Å². The van der Waals surface area contributed by atoms with E-state index in [4.69, 9.17) is 0 Å². The summed E-state index contributed by atoms with van der Waals surface area (Å²) in [5.41, 5.74) is 0. The molecule has 0 radical (unpaired) electrons. The summed E-state index contributed by atoms with van der Waals surface area (Å²) < 4.78 is 1.80. The average molecular weight is 300 g/mol. The molecule has 11 heavy (non-hydrogen) atoms. The Morgan fingerprint density at radius 1 is 1.55 bits per heavy atom. The molecular formula is C6H8Br2N2S. The highest BCUT2D eigenvalue weighted by Crippen LogP contribution is 2.31. The first-order valence-electron chi connectivity index (χ1n) is 3.29. The molecule has 5 heteroatoms. The second-order valence-electron chi connectivity index (χ2n) is 2.01. The van der Waals surface area contributed by atoms with Crippen molar-refractivity contribution in [2.75, 3.05) is 11.9 Å². The number of hydrogen-bond donors (Lipinski definition) is 1. The van der Waals surface area contributed by atoms with Gasteiger partial charge in [0.2, 0.25) is 0 Å². The predicted octanol–water partition coefficient (Wildman–Crippen LogP) is 3.49. The second-order valence-corrected chi connectivity index (χ2v) is 5.04. The third kappa shape index (κ3) is 2.72. The highest BCUT2D eigenvalue weighted by Gasteiger charge is 2.04. The Balaban J connectivity index is 2.62. The van der Waals surface area contributed by atoms with Gasteiger partial charge >= 0.3 is 0 Å². The number of thiazole rings is 1. The Morgan fingerprint density at radius 3 is 2.73 bits per heavy atom. The van der Waals surface area contributed by atoms with Crippen molar-refractivity contribution in [1.82, 2.24) is 4.98 Å².